The van der Waals surface area contributed by atoms with Crippen molar-refractivity contribution in [3.05, 3.63) is 50.9 Å². The Morgan fingerprint density at radius 3 is 2.10 bits per heavy atom. The summed E-state index contributed by atoms with van der Waals surface area (Å²) in [6, 6.07) is 10.4. The van der Waals surface area contributed by atoms with Gasteiger partial charge in [0.1, 0.15) is 5.75 Å². The summed E-state index contributed by atoms with van der Waals surface area (Å²) in [5.41, 5.74) is 1.83. The molecule has 2 aromatic carbocycles. The van der Waals surface area contributed by atoms with Crippen LogP contribution in [0, 0.1) is 0 Å². The number of carbonyl (C=O) groups excluding carboxylic acids is 2. The van der Waals surface area contributed by atoms with Crippen LogP contribution in [-0.4, -0.2) is 24.0 Å². The van der Waals surface area contributed by atoms with Crippen LogP contribution in [0.4, 0.5) is 11.4 Å². The summed E-state index contributed by atoms with van der Waals surface area (Å²) in [7, 11) is 1.55. The summed E-state index contributed by atoms with van der Waals surface area (Å²) >= 11 is 12.0. The van der Waals surface area contributed by atoms with E-state index in [0.29, 0.717) is 38.1 Å². The van der Waals surface area contributed by atoms with Crippen LogP contribution in [0.5, 0.6) is 5.75 Å². The van der Waals surface area contributed by atoms with Gasteiger partial charge in [-0.25, -0.2) is 0 Å². The van der Waals surface area contributed by atoms with Crippen molar-refractivity contribution < 1.29 is 14.3 Å². The largest absolute Gasteiger partial charge is 0.494 e. The van der Waals surface area contributed by atoms with E-state index < -0.39 is 0 Å². The maximum absolute atomic E-state index is 12.5. The van der Waals surface area contributed by atoms with Gasteiger partial charge in [-0.2, -0.15) is 0 Å². The van der Waals surface area contributed by atoms with Gasteiger partial charge in [-0.05, 0) is 86.9 Å². The number of benzene rings is 2. The molecule has 0 unspecified atom stereocenters. The van der Waals surface area contributed by atoms with E-state index in [9.17, 15) is 9.59 Å². The molecule has 2 aromatic rings. The Labute approximate surface area is 198 Å². The predicted molar refractivity (Wildman–Crippen MR) is 131 cm³/mol. The van der Waals surface area contributed by atoms with Crippen molar-refractivity contribution in [2.24, 2.45) is 0 Å². The Bertz CT molecular complexity index is 897. The summed E-state index contributed by atoms with van der Waals surface area (Å²) in [6.07, 6.45) is 3.53. The fraction of sp³-hybridized carbons (Fsp3) is 0.286. The second-order valence-electron chi connectivity index (χ2n) is 6.46. The van der Waals surface area contributed by atoms with Crippen LogP contribution in [0.1, 0.15) is 43.0 Å². The highest BCUT2D eigenvalue weighted by Gasteiger charge is 2.14. The van der Waals surface area contributed by atoms with Crippen LogP contribution in [0.3, 0.4) is 0 Å². The van der Waals surface area contributed by atoms with Crippen molar-refractivity contribution in [2.45, 2.75) is 32.6 Å². The van der Waals surface area contributed by atoms with Crippen molar-refractivity contribution in [1.29, 1.82) is 0 Å². The number of halogens is 2. The summed E-state index contributed by atoms with van der Waals surface area (Å²) in [5, 5.41) is 8.63. The number of carbonyl (C=O) groups is 2. The number of nitrogens with one attached hydrogen (secondary N) is 3. The zero-order valence-corrected chi connectivity index (χ0v) is 20.7. The van der Waals surface area contributed by atoms with Crippen LogP contribution in [0.25, 0.3) is 0 Å². The molecule has 2 rings (SSSR count). The van der Waals surface area contributed by atoms with Crippen molar-refractivity contribution in [3.8, 4) is 5.75 Å². The monoisotopic (exact) mass is 555 g/mol. The van der Waals surface area contributed by atoms with Crippen LogP contribution in [0.15, 0.2) is 45.3 Å². The number of amides is 2. The number of methoxy groups -OCH3 is 1. The molecule has 0 fully saturated rings. The lowest BCUT2D eigenvalue weighted by Crippen LogP contribution is -2.34. The Kier molecular flexibility index (Phi) is 9.74. The Morgan fingerprint density at radius 1 is 1.00 bits per heavy atom. The number of hydrogen-bond donors (Lipinski definition) is 3. The van der Waals surface area contributed by atoms with Gasteiger partial charge in [-0.3, -0.25) is 14.9 Å². The minimum atomic E-state index is -0.354. The topological polar surface area (TPSA) is 79.5 Å². The first-order chi connectivity index (χ1) is 14.3. The third kappa shape index (κ3) is 7.37. The highest BCUT2D eigenvalue weighted by Crippen LogP contribution is 2.34. The molecular formula is C21H23Br2N3O3S. The Balaban J connectivity index is 1.90. The first kappa shape index (κ1) is 24.3. The molecule has 0 saturated heterocycles. The summed E-state index contributed by atoms with van der Waals surface area (Å²) in [6.45, 7) is 2.10. The van der Waals surface area contributed by atoms with E-state index in [1.807, 2.05) is 0 Å². The second-order valence-corrected chi connectivity index (χ2v) is 8.58. The van der Waals surface area contributed by atoms with Crippen LogP contribution in [-0.2, 0) is 4.79 Å². The zero-order chi connectivity index (χ0) is 22.1. The lowest BCUT2D eigenvalue weighted by molar-refractivity contribution is -0.116. The third-order valence-electron chi connectivity index (χ3n) is 4.13. The van der Waals surface area contributed by atoms with E-state index in [-0.39, 0.29) is 16.9 Å². The highest BCUT2D eigenvalue weighted by atomic mass is 79.9. The second kappa shape index (κ2) is 12.0. The number of thiocarbonyl (C=S) groups is 1. The van der Waals surface area contributed by atoms with Crippen LogP contribution in [0.2, 0.25) is 0 Å². The van der Waals surface area contributed by atoms with Gasteiger partial charge in [0.15, 0.2) is 5.11 Å². The molecular weight excluding hydrogens is 534 g/mol. The first-order valence-corrected chi connectivity index (χ1v) is 11.4. The highest BCUT2D eigenvalue weighted by molar-refractivity contribution is 9.11. The Morgan fingerprint density at radius 2 is 1.57 bits per heavy atom. The smallest absolute Gasteiger partial charge is 0.257 e. The van der Waals surface area contributed by atoms with Gasteiger partial charge in [0.2, 0.25) is 5.91 Å². The number of hydrogen-bond acceptors (Lipinski definition) is 4. The van der Waals surface area contributed by atoms with Crippen molar-refractivity contribution in [2.75, 3.05) is 17.7 Å². The molecule has 0 aromatic heterocycles. The molecule has 0 aliphatic carbocycles. The van der Waals surface area contributed by atoms with Gasteiger partial charge in [0.25, 0.3) is 5.91 Å². The van der Waals surface area contributed by atoms with Crippen LogP contribution >= 0.6 is 44.1 Å². The first-order valence-electron chi connectivity index (χ1n) is 9.39. The van der Waals surface area contributed by atoms with E-state index in [4.69, 9.17) is 17.0 Å². The van der Waals surface area contributed by atoms with E-state index >= 15 is 0 Å². The molecule has 30 heavy (non-hydrogen) atoms. The SMILES string of the molecule is CCCCCC(=O)Nc1ccc(NC(=S)NC(=O)c2cc(Br)c(OC)c(Br)c2)cc1. The number of ether oxygens (including phenoxy) is 1. The molecule has 0 aliphatic rings. The van der Waals surface area contributed by atoms with Gasteiger partial charge in [0.05, 0.1) is 16.1 Å². The third-order valence-corrected chi connectivity index (χ3v) is 5.51. The fourth-order valence-electron chi connectivity index (χ4n) is 2.62. The molecule has 0 aliphatic heterocycles. The molecule has 0 heterocycles. The maximum Gasteiger partial charge on any atom is 0.257 e. The molecule has 0 bridgehead atoms. The van der Waals surface area contributed by atoms with Gasteiger partial charge in [0, 0.05) is 23.4 Å². The molecule has 9 heteroatoms. The minimum Gasteiger partial charge on any atom is -0.494 e. The molecule has 0 spiro atoms. The molecule has 0 radical (unpaired) electrons. The van der Waals surface area contributed by atoms with E-state index in [1.165, 1.54) is 0 Å². The molecule has 160 valence electrons. The summed E-state index contributed by atoms with van der Waals surface area (Å²) in [5.74, 6) is 0.251. The van der Waals surface area contributed by atoms with Crippen molar-refractivity contribution in [3.63, 3.8) is 0 Å². The number of rotatable bonds is 8. The average Bonchev–Trinajstić information content (AvgIpc) is 2.69. The van der Waals surface area contributed by atoms with Gasteiger partial charge >= 0.3 is 0 Å². The lowest BCUT2D eigenvalue weighted by Gasteiger charge is -2.12. The van der Waals surface area contributed by atoms with Crippen LogP contribution < -0.4 is 20.7 Å². The van der Waals surface area contributed by atoms with Gasteiger partial charge in [-0.15, -0.1) is 0 Å². The van der Waals surface area contributed by atoms with E-state index in [0.717, 1.165) is 19.3 Å². The lowest BCUT2D eigenvalue weighted by atomic mass is 10.2. The zero-order valence-electron chi connectivity index (χ0n) is 16.7. The van der Waals surface area contributed by atoms with E-state index in [2.05, 4.69) is 54.7 Å². The standard InChI is InChI=1S/C21H23Br2N3O3S/c1-3-4-5-6-18(27)24-14-7-9-15(10-8-14)25-21(30)26-20(28)13-11-16(22)19(29-2)17(23)12-13/h7-12H,3-6H2,1-2H3,(H,24,27)(H2,25,26,28,30). The summed E-state index contributed by atoms with van der Waals surface area (Å²) in [4.78, 5) is 24.3. The molecule has 6 nitrogen and oxygen atoms in total. The molecule has 0 saturated carbocycles. The van der Waals surface area contributed by atoms with Crippen molar-refractivity contribution in [1.82, 2.24) is 5.32 Å². The maximum atomic E-state index is 12.5. The van der Waals surface area contributed by atoms with E-state index in [1.54, 1.807) is 43.5 Å². The van der Waals surface area contributed by atoms with Gasteiger partial charge in [-0.1, -0.05) is 19.8 Å². The number of unbranched alkanes of at least 4 members (excludes halogenated alkanes) is 2. The molecule has 3 N–H and O–H groups in total. The predicted octanol–water partition coefficient (Wildman–Crippen LogP) is 5.87. The van der Waals surface area contributed by atoms with Gasteiger partial charge < -0.3 is 15.4 Å². The quantitative estimate of drug-likeness (QED) is 0.280. The minimum absolute atomic E-state index is 0.00348. The number of anilines is 2. The molecule has 2 amide bonds. The van der Waals surface area contributed by atoms with Crippen molar-refractivity contribution >= 4 is 72.4 Å². The summed E-state index contributed by atoms with van der Waals surface area (Å²) < 4.78 is 6.54. The Hall–Kier alpha value is -1.97. The normalized spacial score (nSPS) is 10.3. The average molecular weight is 557 g/mol. The molecule has 0 atom stereocenters. The fourth-order valence-corrected chi connectivity index (χ4v) is 4.34.